The minimum atomic E-state index is -0.231. The molecule has 1 saturated heterocycles. The summed E-state index contributed by atoms with van der Waals surface area (Å²) in [4.78, 5) is 13.3. The van der Waals surface area contributed by atoms with Crippen LogP contribution in [0.15, 0.2) is 54.6 Å². The molecule has 29 heavy (non-hydrogen) atoms. The molecule has 1 fully saturated rings. The number of hydrogen-bond donors (Lipinski definition) is 1. The molecule has 4 rings (SSSR count). The Bertz CT molecular complexity index is 937. The standard InChI is InChI=1S/C22H26N6O/c23-21(29)13-10-17-5-4-14-27(15-17)22-24-25-26-28(22)16-18-8-11-20(12-9-18)19-6-2-1-3-7-19/h1-3,6-9,11-12,17H,4-5,10,13-16H2,(H2,23,29)/t17-/m0/s1. The van der Waals surface area contributed by atoms with E-state index in [1.807, 2.05) is 22.9 Å². The Labute approximate surface area is 170 Å². The fraction of sp³-hybridized carbons (Fsp3) is 0.364. The lowest BCUT2D eigenvalue weighted by atomic mass is 9.93. The molecule has 0 radical (unpaired) electrons. The normalized spacial score (nSPS) is 16.7. The molecule has 2 heterocycles. The monoisotopic (exact) mass is 390 g/mol. The van der Waals surface area contributed by atoms with Gasteiger partial charge in [0, 0.05) is 19.5 Å². The van der Waals surface area contributed by atoms with Gasteiger partial charge in [-0.15, -0.1) is 0 Å². The van der Waals surface area contributed by atoms with Crippen molar-refractivity contribution in [2.75, 3.05) is 18.0 Å². The third-order valence-electron chi connectivity index (χ3n) is 5.51. The first-order chi connectivity index (χ1) is 14.2. The predicted octanol–water partition coefficient (Wildman–Crippen LogP) is 2.87. The topological polar surface area (TPSA) is 89.9 Å². The fourth-order valence-electron chi connectivity index (χ4n) is 3.96. The molecule has 0 aliphatic carbocycles. The van der Waals surface area contributed by atoms with E-state index in [0.717, 1.165) is 43.9 Å². The molecule has 7 nitrogen and oxygen atoms in total. The molecule has 0 unspecified atom stereocenters. The Balaban J connectivity index is 1.43. The van der Waals surface area contributed by atoms with Crippen LogP contribution in [0.4, 0.5) is 5.95 Å². The Morgan fingerprint density at radius 1 is 1.07 bits per heavy atom. The van der Waals surface area contributed by atoms with Gasteiger partial charge in [-0.25, -0.2) is 4.68 Å². The van der Waals surface area contributed by atoms with Gasteiger partial charge in [-0.1, -0.05) is 59.7 Å². The summed E-state index contributed by atoms with van der Waals surface area (Å²) < 4.78 is 1.86. The van der Waals surface area contributed by atoms with Gasteiger partial charge < -0.3 is 10.6 Å². The maximum atomic E-state index is 11.1. The number of hydrogen-bond acceptors (Lipinski definition) is 5. The number of amides is 1. The second-order valence-electron chi connectivity index (χ2n) is 7.66. The Morgan fingerprint density at radius 2 is 1.83 bits per heavy atom. The molecule has 1 amide bonds. The molecule has 150 valence electrons. The first-order valence-corrected chi connectivity index (χ1v) is 10.1. The molecular weight excluding hydrogens is 364 g/mol. The van der Waals surface area contributed by atoms with E-state index in [1.165, 1.54) is 11.1 Å². The zero-order valence-corrected chi connectivity index (χ0v) is 16.4. The lowest BCUT2D eigenvalue weighted by Crippen LogP contribution is -2.37. The van der Waals surface area contributed by atoms with Crippen molar-refractivity contribution in [3.05, 3.63) is 60.2 Å². The molecule has 3 aromatic rings. The van der Waals surface area contributed by atoms with Crippen LogP contribution in [0.1, 0.15) is 31.2 Å². The Kier molecular flexibility index (Phi) is 5.84. The van der Waals surface area contributed by atoms with Crippen LogP contribution in [0, 0.1) is 5.92 Å². The van der Waals surface area contributed by atoms with Gasteiger partial charge in [0.05, 0.1) is 6.54 Å². The number of nitrogens with zero attached hydrogens (tertiary/aromatic N) is 5. The summed E-state index contributed by atoms with van der Waals surface area (Å²) >= 11 is 0. The summed E-state index contributed by atoms with van der Waals surface area (Å²) in [5.41, 5.74) is 8.86. The summed E-state index contributed by atoms with van der Waals surface area (Å²) in [6.07, 6.45) is 3.46. The van der Waals surface area contributed by atoms with Crippen molar-refractivity contribution in [3.63, 3.8) is 0 Å². The summed E-state index contributed by atoms with van der Waals surface area (Å²) in [6, 6.07) is 18.9. The number of piperidine rings is 1. The molecule has 1 aliphatic rings. The number of tetrazole rings is 1. The van der Waals surface area contributed by atoms with Crippen LogP contribution in [0.5, 0.6) is 0 Å². The van der Waals surface area contributed by atoms with Gasteiger partial charge in [0.2, 0.25) is 11.9 Å². The SMILES string of the molecule is NC(=O)CC[C@@H]1CCCN(c2nnnn2Cc2ccc(-c3ccccc3)cc2)C1. The molecule has 7 heteroatoms. The second kappa shape index (κ2) is 8.86. The van der Waals surface area contributed by atoms with E-state index in [1.54, 1.807) is 0 Å². The zero-order valence-electron chi connectivity index (χ0n) is 16.4. The van der Waals surface area contributed by atoms with E-state index < -0.39 is 0 Å². The molecule has 2 N–H and O–H groups in total. The van der Waals surface area contributed by atoms with Crippen LogP contribution >= 0.6 is 0 Å². The second-order valence-corrected chi connectivity index (χ2v) is 7.66. The average Bonchev–Trinajstić information content (AvgIpc) is 3.22. The van der Waals surface area contributed by atoms with Crippen molar-refractivity contribution in [2.24, 2.45) is 11.7 Å². The average molecular weight is 390 g/mol. The van der Waals surface area contributed by atoms with Gasteiger partial charge in [-0.2, -0.15) is 0 Å². The summed E-state index contributed by atoms with van der Waals surface area (Å²) in [5, 5.41) is 12.4. The third kappa shape index (κ3) is 4.80. The van der Waals surface area contributed by atoms with Crippen molar-refractivity contribution < 1.29 is 4.79 Å². The predicted molar refractivity (Wildman–Crippen MR) is 112 cm³/mol. The summed E-state index contributed by atoms with van der Waals surface area (Å²) in [6.45, 7) is 2.42. The molecule has 1 aromatic heterocycles. The van der Waals surface area contributed by atoms with Gasteiger partial charge in [0.15, 0.2) is 0 Å². The number of carbonyl (C=O) groups is 1. The van der Waals surface area contributed by atoms with Crippen molar-refractivity contribution in [1.29, 1.82) is 0 Å². The van der Waals surface area contributed by atoms with E-state index >= 15 is 0 Å². The smallest absolute Gasteiger partial charge is 0.245 e. The highest BCUT2D eigenvalue weighted by Gasteiger charge is 2.24. The molecule has 2 aromatic carbocycles. The van der Waals surface area contributed by atoms with Crippen LogP contribution in [0.25, 0.3) is 11.1 Å². The highest BCUT2D eigenvalue weighted by atomic mass is 16.1. The molecule has 0 saturated carbocycles. The van der Waals surface area contributed by atoms with Gasteiger partial charge in [0.1, 0.15) is 0 Å². The first-order valence-electron chi connectivity index (χ1n) is 10.1. The van der Waals surface area contributed by atoms with E-state index in [9.17, 15) is 4.79 Å². The van der Waals surface area contributed by atoms with Crippen molar-refractivity contribution >= 4 is 11.9 Å². The molecular formula is C22H26N6O. The summed E-state index contributed by atoms with van der Waals surface area (Å²) in [5.74, 6) is 1.01. The van der Waals surface area contributed by atoms with Crippen LogP contribution in [-0.2, 0) is 11.3 Å². The molecule has 1 aliphatic heterocycles. The number of primary amides is 1. The largest absolute Gasteiger partial charge is 0.370 e. The molecule has 0 bridgehead atoms. The number of carbonyl (C=O) groups excluding carboxylic acids is 1. The zero-order chi connectivity index (χ0) is 20.1. The maximum Gasteiger partial charge on any atom is 0.245 e. The van der Waals surface area contributed by atoms with E-state index in [-0.39, 0.29) is 5.91 Å². The number of anilines is 1. The van der Waals surface area contributed by atoms with E-state index in [0.29, 0.717) is 18.9 Å². The third-order valence-corrected chi connectivity index (χ3v) is 5.51. The lowest BCUT2D eigenvalue weighted by molar-refractivity contribution is -0.118. The van der Waals surface area contributed by atoms with Gasteiger partial charge >= 0.3 is 0 Å². The van der Waals surface area contributed by atoms with Crippen molar-refractivity contribution in [1.82, 2.24) is 20.2 Å². The minimum absolute atomic E-state index is 0.231. The quantitative estimate of drug-likeness (QED) is 0.670. The minimum Gasteiger partial charge on any atom is -0.370 e. The van der Waals surface area contributed by atoms with Crippen LogP contribution < -0.4 is 10.6 Å². The number of rotatable bonds is 7. The number of aromatic nitrogens is 4. The lowest BCUT2D eigenvalue weighted by Gasteiger charge is -2.32. The van der Waals surface area contributed by atoms with Crippen molar-refractivity contribution in [2.45, 2.75) is 32.2 Å². The summed E-state index contributed by atoms with van der Waals surface area (Å²) in [7, 11) is 0. The highest BCUT2D eigenvalue weighted by Crippen LogP contribution is 2.25. The van der Waals surface area contributed by atoms with E-state index in [4.69, 9.17) is 5.73 Å². The van der Waals surface area contributed by atoms with Gasteiger partial charge in [-0.3, -0.25) is 4.79 Å². The fourth-order valence-corrected chi connectivity index (χ4v) is 3.96. The maximum absolute atomic E-state index is 11.1. The van der Waals surface area contributed by atoms with Gasteiger partial charge in [0.25, 0.3) is 0 Å². The van der Waals surface area contributed by atoms with E-state index in [2.05, 4.69) is 56.8 Å². The van der Waals surface area contributed by atoms with Crippen LogP contribution in [0.2, 0.25) is 0 Å². The van der Waals surface area contributed by atoms with Crippen LogP contribution in [0.3, 0.4) is 0 Å². The number of nitrogens with two attached hydrogens (primary N) is 1. The van der Waals surface area contributed by atoms with Crippen molar-refractivity contribution in [3.8, 4) is 11.1 Å². The van der Waals surface area contributed by atoms with Gasteiger partial charge in [-0.05, 0) is 52.3 Å². The Hall–Kier alpha value is -3.22. The Morgan fingerprint density at radius 3 is 2.59 bits per heavy atom. The first kappa shape index (κ1) is 19.1. The molecule has 0 spiro atoms. The highest BCUT2D eigenvalue weighted by molar-refractivity contribution is 5.73. The molecule has 1 atom stereocenters. The number of benzene rings is 2. The van der Waals surface area contributed by atoms with Crippen LogP contribution in [-0.4, -0.2) is 39.2 Å².